The van der Waals surface area contributed by atoms with Crippen LogP contribution in [0.5, 0.6) is 11.5 Å². The predicted octanol–water partition coefficient (Wildman–Crippen LogP) is 3.29. The Kier molecular flexibility index (Phi) is 10.8. The SMILES string of the molecule is COc1cccc(N2C(=O)OCC2C(=O)N[C@@H](Cc2ccccc2)[C@H](O)CNS(=O)(=O)c2ccc(OC)cc2CC(C)C)c1. The number of aliphatic hydroxyl groups is 1. The molecule has 236 valence electrons. The van der Waals surface area contributed by atoms with Gasteiger partial charge in [-0.05, 0) is 60.2 Å². The van der Waals surface area contributed by atoms with Gasteiger partial charge in [0.25, 0.3) is 0 Å². The molecular weight excluding hydrogens is 586 g/mol. The van der Waals surface area contributed by atoms with Gasteiger partial charge in [-0.3, -0.25) is 9.69 Å². The number of nitrogens with one attached hydrogen (secondary N) is 2. The number of aliphatic hydroxyl groups excluding tert-OH is 1. The number of ether oxygens (including phenoxy) is 3. The molecule has 0 saturated carbocycles. The van der Waals surface area contributed by atoms with Gasteiger partial charge in [-0.1, -0.05) is 50.2 Å². The minimum atomic E-state index is -4.03. The van der Waals surface area contributed by atoms with Crippen molar-refractivity contribution in [1.82, 2.24) is 10.0 Å². The van der Waals surface area contributed by atoms with Gasteiger partial charge in [-0.15, -0.1) is 0 Å². The molecular formula is C32H39N3O8S. The number of carbonyl (C=O) groups is 2. The quantitative estimate of drug-likeness (QED) is 0.248. The van der Waals surface area contributed by atoms with Crippen LogP contribution in [-0.2, 0) is 32.4 Å². The summed E-state index contributed by atoms with van der Waals surface area (Å²) in [6.07, 6.45) is -1.29. The summed E-state index contributed by atoms with van der Waals surface area (Å²) in [7, 11) is -1.02. The molecule has 4 rings (SSSR count). The van der Waals surface area contributed by atoms with Gasteiger partial charge >= 0.3 is 6.09 Å². The van der Waals surface area contributed by atoms with E-state index in [4.69, 9.17) is 14.2 Å². The zero-order valence-corrected chi connectivity index (χ0v) is 26.0. The molecule has 3 atom stereocenters. The number of cyclic esters (lactones) is 1. The number of rotatable bonds is 14. The topological polar surface area (TPSA) is 143 Å². The van der Waals surface area contributed by atoms with Crippen LogP contribution < -0.4 is 24.4 Å². The van der Waals surface area contributed by atoms with Gasteiger partial charge in [0.05, 0.1) is 36.9 Å². The van der Waals surface area contributed by atoms with E-state index in [1.807, 2.05) is 44.2 Å². The average molecular weight is 626 g/mol. The van der Waals surface area contributed by atoms with Crippen LogP contribution in [0.1, 0.15) is 25.0 Å². The normalized spacial score (nSPS) is 16.4. The van der Waals surface area contributed by atoms with Gasteiger partial charge in [0.2, 0.25) is 15.9 Å². The molecule has 0 aliphatic carbocycles. The van der Waals surface area contributed by atoms with Gasteiger partial charge in [0.1, 0.15) is 18.1 Å². The van der Waals surface area contributed by atoms with Crippen molar-refractivity contribution in [3.8, 4) is 11.5 Å². The molecule has 3 aromatic carbocycles. The number of carbonyl (C=O) groups excluding carboxylic acids is 2. The van der Waals surface area contributed by atoms with Crippen molar-refractivity contribution < 1.29 is 37.3 Å². The zero-order valence-electron chi connectivity index (χ0n) is 25.2. The summed E-state index contributed by atoms with van der Waals surface area (Å²) in [4.78, 5) is 27.5. The molecule has 1 aliphatic heterocycles. The van der Waals surface area contributed by atoms with E-state index >= 15 is 0 Å². The Morgan fingerprint density at radius 2 is 1.70 bits per heavy atom. The number of methoxy groups -OCH3 is 2. The molecule has 1 saturated heterocycles. The summed E-state index contributed by atoms with van der Waals surface area (Å²) < 4.78 is 45.1. The highest BCUT2D eigenvalue weighted by atomic mass is 32.2. The van der Waals surface area contributed by atoms with Crippen molar-refractivity contribution >= 4 is 27.7 Å². The van der Waals surface area contributed by atoms with Gasteiger partial charge < -0.3 is 24.6 Å². The van der Waals surface area contributed by atoms with Crippen LogP contribution >= 0.6 is 0 Å². The standard InChI is InChI=1S/C32H39N3O8S/c1-21(2)15-23-17-26(42-4)13-14-30(23)44(39,40)33-19-29(36)27(16-22-9-6-5-7-10-22)34-31(37)28-20-43-32(38)35(28)24-11-8-12-25(18-24)41-3/h5-14,17-18,21,27-29,33,36H,15-16,19-20H2,1-4H3,(H,34,37)/t27-,28?,29+/m0/s1. The third-order valence-electron chi connectivity index (χ3n) is 7.27. The van der Waals surface area contributed by atoms with E-state index < -0.39 is 40.2 Å². The number of anilines is 1. The number of hydrogen-bond acceptors (Lipinski definition) is 8. The molecule has 1 fully saturated rings. The molecule has 3 N–H and O–H groups in total. The van der Waals surface area contributed by atoms with Gasteiger partial charge in [-0.2, -0.15) is 0 Å². The highest BCUT2D eigenvalue weighted by Crippen LogP contribution is 2.27. The molecule has 12 heteroatoms. The Balaban J connectivity index is 1.54. The lowest BCUT2D eigenvalue weighted by Crippen LogP contribution is -2.54. The maximum absolute atomic E-state index is 13.6. The van der Waals surface area contributed by atoms with Crippen LogP contribution in [0.15, 0.2) is 77.7 Å². The maximum Gasteiger partial charge on any atom is 0.415 e. The van der Waals surface area contributed by atoms with Gasteiger partial charge in [0.15, 0.2) is 6.04 Å². The molecule has 44 heavy (non-hydrogen) atoms. The van der Waals surface area contributed by atoms with E-state index in [0.717, 1.165) is 5.56 Å². The van der Waals surface area contributed by atoms with Crippen molar-refractivity contribution in [3.63, 3.8) is 0 Å². The molecule has 1 aliphatic rings. The molecule has 0 aromatic heterocycles. The lowest BCUT2D eigenvalue weighted by molar-refractivity contribution is -0.123. The molecule has 3 aromatic rings. The minimum Gasteiger partial charge on any atom is -0.497 e. The Bertz CT molecular complexity index is 1550. The number of nitrogens with zero attached hydrogens (tertiary/aromatic N) is 1. The second-order valence-corrected chi connectivity index (χ2v) is 12.7. The third-order valence-corrected chi connectivity index (χ3v) is 8.79. The first-order chi connectivity index (χ1) is 21.0. The van der Waals surface area contributed by atoms with Crippen LogP contribution in [-0.4, -0.2) is 71.1 Å². The van der Waals surface area contributed by atoms with E-state index in [1.54, 1.807) is 36.4 Å². The number of sulfonamides is 1. The second-order valence-electron chi connectivity index (χ2n) is 11.0. The fraction of sp³-hybridized carbons (Fsp3) is 0.375. The number of benzene rings is 3. The first-order valence-corrected chi connectivity index (χ1v) is 15.8. The number of amides is 2. The van der Waals surface area contributed by atoms with Gasteiger partial charge in [0, 0.05) is 12.6 Å². The van der Waals surface area contributed by atoms with Crippen molar-refractivity contribution in [1.29, 1.82) is 0 Å². The van der Waals surface area contributed by atoms with E-state index in [9.17, 15) is 23.1 Å². The lowest BCUT2D eigenvalue weighted by Gasteiger charge is -2.28. The number of hydrogen-bond donors (Lipinski definition) is 3. The average Bonchev–Trinajstić information content (AvgIpc) is 3.41. The molecule has 2 amide bonds. The van der Waals surface area contributed by atoms with Crippen LogP contribution in [0.25, 0.3) is 0 Å². The summed E-state index contributed by atoms with van der Waals surface area (Å²) in [5.41, 5.74) is 1.83. The monoisotopic (exact) mass is 625 g/mol. The summed E-state index contributed by atoms with van der Waals surface area (Å²) in [5.74, 6) is 0.674. The molecule has 1 heterocycles. The summed E-state index contributed by atoms with van der Waals surface area (Å²) in [5, 5.41) is 14.1. The smallest absolute Gasteiger partial charge is 0.415 e. The van der Waals surface area contributed by atoms with E-state index in [-0.39, 0.29) is 30.4 Å². The van der Waals surface area contributed by atoms with Crippen LogP contribution in [0, 0.1) is 5.92 Å². The van der Waals surface area contributed by atoms with Crippen molar-refractivity contribution in [2.75, 3.05) is 32.3 Å². The van der Waals surface area contributed by atoms with Crippen LogP contribution in [0.4, 0.5) is 10.5 Å². The van der Waals surface area contributed by atoms with Crippen molar-refractivity contribution in [3.05, 3.63) is 83.9 Å². The Morgan fingerprint density at radius 1 is 1.00 bits per heavy atom. The fourth-order valence-electron chi connectivity index (χ4n) is 5.05. The van der Waals surface area contributed by atoms with Crippen LogP contribution in [0.2, 0.25) is 0 Å². The molecule has 0 bridgehead atoms. The largest absolute Gasteiger partial charge is 0.497 e. The zero-order chi connectivity index (χ0) is 31.9. The van der Waals surface area contributed by atoms with Crippen molar-refractivity contribution in [2.45, 2.75) is 49.8 Å². The van der Waals surface area contributed by atoms with Crippen LogP contribution in [0.3, 0.4) is 0 Å². The van der Waals surface area contributed by atoms with E-state index in [0.29, 0.717) is 29.2 Å². The highest BCUT2D eigenvalue weighted by Gasteiger charge is 2.40. The van der Waals surface area contributed by atoms with E-state index in [2.05, 4.69) is 10.0 Å². The highest BCUT2D eigenvalue weighted by molar-refractivity contribution is 7.89. The first kappa shape index (κ1) is 32.8. The molecule has 11 nitrogen and oxygen atoms in total. The van der Waals surface area contributed by atoms with E-state index in [1.165, 1.54) is 25.2 Å². The third kappa shape index (κ3) is 8.07. The summed E-state index contributed by atoms with van der Waals surface area (Å²) >= 11 is 0. The van der Waals surface area contributed by atoms with Gasteiger partial charge in [-0.25, -0.2) is 17.9 Å². The first-order valence-electron chi connectivity index (χ1n) is 14.3. The Labute approximate surface area is 258 Å². The molecule has 1 unspecified atom stereocenters. The molecule has 0 spiro atoms. The second kappa shape index (κ2) is 14.6. The fourth-order valence-corrected chi connectivity index (χ4v) is 6.33. The van der Waals surface area contributed by atoms with Crippen molar-refractivity contribution in [2.24, 2.45) is 5.92 Å². The summed E-state index contributed by atoms with van der Waals surface area (Å²) in [6.45, 7) is 3.41. The Hall–Kier alpha value is -4.13. The molecule has 0 radical (unpaired) electrons. The predicted molar refractivity (Wildman–Crippen MR) is 165 cm³/mol. The minimum absolute atomic E-state index is 0.0957. The summed E-state index contributed by atoms with van der Waals surface area (Å²) in [6, 6.07) is 18.7. The maximum atomic E-state index is 13.6. The lowest BCUT2D eigenvalue weighted by atomic mass is 10.0. The Morgan fingerprint density at radius 3 is 2.39 bits per heavy atom.